The number of nitrogens with one attached hydrogen (secondary N) is 1. The van der Waals surface area contributed by atoms with Crippen molar-refractivity contribution < 1.29 is 40.8 Å². The number of anilines is 2. The second-order valence-corrected chi connectivity index (χ2v) is 7.77. The number of hydrogen-bond donors (Lipinski definition) is 1. The Morgan fingerprint density at radius 1 is 1.11 bits per heavy atom. The molecule has 1 aliphatic heterocycles. The first-order valence-electron chi connectivity index (χ1n) is 11.0. The molecule has 7 nitrogen and oxygen atoms in total. The number of alkyl halides is 6. The molecule has 13 heteroatoms. The van der Waals surface area contributed by atoms with Crippen molar-refractivity contribution in [1.29, 1.82) is 0 Å². The van der Waals surface area contributed by atoms with Crippen molar-refractivity contribution in [2.24, 2.45) is 5.92 Å². The van der Waals surface area contributed by atoms with Crippen LogP contribution in [0.15, 0.2) is 36.4 Å². The molecule has 1 heterocycles. The van der Waals surface area contributed by atoms with E-state index in [9.17, 15) is 41.3 Å². The van der Waals surface area contributed by atoms with E-state index < -0.39 is 47.3 Å². The van der Waals surface area contributed by atoms with E-state index in [0.717, 1.165) is 30.3 Å². The van der Waals surface area contributed by atoms with E-state index in [1.165, 1.54) is 17.9 Å². The molecule has 0 aromatic heterocycles. The van der Waals surface area contributed by atoms with Gasteiger partial charge in [-0.3, -0.25) is 14.9 Å². The van der Waals surface area contributed by atoms with Crippen LogP contribution in [0.1, 0.15) is 42.6 Å². The first kappa shape index (κ1) is 28.7. The summed E-state index contributed by atoms with van der Waals surface area (Å²) < 4.78 is 80.5. The van der Waals surface area contributed by atoms with E-state index >= 15 is 0 Å². The Morgan fingerprint density at radius 2 is 1.72 bits per heavy atom. The third-order valence-electron chi connectivity index (χ3n) is 5.33. The summed E-state index contributed by atoms with van der Waals surface area (Å²) in [6, 6.07) is 6.45. The highest BCUT2D eigenvalue weighted by molar-refractivity contribution is 6.08. The first-order valence-corrected chi connectivity index (χ1v) is 11.0. The fourth-order valence-electron chi connectivity index (χ4n) is 3.72. The van der Waals surface area contributed by atoms with Gasteiger partial charge in [-0.2, -0.15) is 13.2 Å². The van der Waals surface area contributed by atoms with Crippen LogP contribution >= 0.6 is 0 Å². The molecule has 0 bridgehead atoms. The van der Waals surface area contributed by atoms with E-state index in [1.54, 1.807) is 0 Å². The van der Waals surface area contributed by atoms with Gasteiger partial charge in [-0.1, -0.05) is 13.8 Å². The summed E-state index contributed by atoms with van der Waals surface area (Å²) in [5, 5.41) is 13.8. The summed E-state index contributed by atoms with van der Waals surface area (Å²) in [4.78, 5) is 25.0. The average molecular weight is 521 g/mol. The molecular weight excluding hydrogens is 496 g/mol. The molecule has 1 fully saturated rings. The highest BCUT2D eigenvalue weighted by Gasteiger charge is 2.42. The summed E-state index contributed by atoms with van der Waals surface area (Å²) in [7, 11) is 0. The number of nitro benzene ring substituents is 1. The maximum atomic E-state index is 13.3. The summed E-state index contributed by atoms with van der Waals surface area (Å²) >= 11 is 0. The van der Waals surface area contributed by atoms with E-state index in [0.29, 0.717) is 0 Å². The van der Waals surface area contributed by atoms with Crippen molar-refractivity contribution in [3.8, 4) is 5.75 Å². The SMILES string of the molecule is CC.Cc1cc(N2CCCC(C(F)(F)F)C2)c(C(=O)Nc2ccc(OC(F)(F)F)cc2)cc1[N+](=O)[O-]. The van der Waals surface area contributed by atoms with Gasteiger partial charge in [0.15, 0.2) is 0 Å². The molecule has 1 atom stereocenters. The predicted molar refractivity (Wildman–Crippen MR) is 121 cm³/mol. The maximum absolute atomic E-state index is 13.3. The number of nitrogens with zero attached hydrogens (tertiary/aromatic N) is 2. The standard InChI is InChI=1S/C21H19F6N3O4.C2H6/c1-12-9-18(29-8-2-3-13(11-29)20(22,23)24)16(10-17(12)30(32)33)19(31)28-14-4-6-15(7-5-14)34-21(25,26)27;1-2/h4-7,9-10,13H,2-3,8,11H2,1H3,(H,28,31);1-2H3. The van der Waals surface area contributed by atoms with Gasteiger partial charge in [0, 0.05) is 30.4 Å². The van der Waals surface area contributed by atoms with Crippen LogP contribution in [-0.4, -0.2) is 36.5 Å². The molecule has 1 unspecified atom stereocenters. The monoisotopic (exact) mass is 521 g/mol. The number of benzene rings is 2. The predicted octanol–water partition coefficient (Wildman–Crippen LogP) is 6.86. The molecular formula is C23H25F6N3O4. The molecule has 1 N–H and O–H groups in total. The minimum Gasteiger partial charge on any atom is -0.406 e. The minimum atomic E-state index is -4.90. The number of aryl methyl sites for hydroxylation is 1. The quantitative estimate of drug-likeness (QED) is 0.264. The van der Waals surface area contributed by atoms with E-state index in [-0.39, 0.29) is 41.9 Å². The van der Waals surface area contributed by atoms with Crippen LogP contribution in [0.5, 0.6) is 5.75 Å². The molecule has 0 spiro atoms. The molecule has 3 rings (SSSR count). The molecule has 36 heavy (non-hydrogen) atoms. The summed E-state index contributed by atoms with van der Waals surface area (Å²) in [6.07, 6.45) is -9.19. The Kier molecular flexibility index (Phi) is 9.16. The Labute approximate surface area is 203 Å². The number of halogens is 6. The second kappa shape index (κ2) is 11.5. The molecule has 0 saturated carbocycles. The number of carbonyl (C=O) groups excluding carboxylic acids is 1. The number of ether oxygens (including phenoxy) is 1. The summed E-state index contributed by atoms with van der Waals surface area (Å²) in [5.74, 6) is -3.01. The normalized spacial score (nSPS) is 16.0. The smallest absolute Gasteiger partial charge is 0.406 e. The van der Waals surface area contributed by atoms with E-state index in [2.05, 4.69) is 10.1 Å². The highest BCUT2D eigenvalue weighted by atomic mass is 19.4. The Hall–Kier alpha value is -3.51. The van der Waals surface area contributed by atoms with Crippen molar-refractivity contribution in [1.82, 2.24) is 0 Å². The lowest BCUT2D eigenvalue weighted by Crippen LogP contribution is -2.42. The van der Waals surface area contributed by atoms with Gasteiger partial charge in [0.25, 0.3) is 11.6 Å². The van der Waals surface area contributed by atoms with Gasteiger partial charge in [-0.15, -0.1) is 13.2 Å². The third kappa shape index (κ3) is 7.49. The van der Waals surface area contributed by atoms with Crippen molar-refractivity contribution >= 4 is 23.0 Å². The average Bonchev–Trinajstić information content (AvgIpc) is 2.80. The molecule has 2 aromatic rings. The number of nitro groups is 1. The second-order valence-electron chi connectivity index (χ2n) is 7.77. The van der Waals surface area contributed by atoms with Crippen LogP contribution in [-0.2, 0) is 0 Å². The lowest BCUT2D eigenvalue weighted by atomic mass is 9.95. The van der Waals surface area contributed by atoms with Crippen molar-refractivity contribution in [2.45, 2.75) is 46.2 Å². The summed E-state index contributed by atoms with van der Waals surface area (Å²) in [6.45, 7) is 5.21. The van der Waals surface area contributed by atoms with Crippen molar-refractivity contribution in [3.63, 3.8) is 0 Å². The Balaban J connectivity index is 0.00000222. The molecule has 198 valence electrons. The van der Waals surface area contributed by atoms with Crippen molar-refractivity contribution in [3.05, 3.63) is 57.6 Å². The number of piperidine rings is 1. The number of carbonyl (C=O) groups is 1. The fourth-order valence-corrected chi connectivity index (χ4v) is 3.72. The maximum Gasteiger partial charge on any atom is 0.573 e. The molecule has 1 aliphatic rings. The van der Waals surface area contributed by atoms with Crippen LogP contribution in [0.25, 0.3) is 0 Å². The lowest BCUT2D eigenvalue weighted by molar-refractivity contribution is -0.385. The molecule has 0 radical (unpaired) electrons. The van der Waals surface area contributed by atoms with Crippen LogP contribution < -0.4 is 15.0 Å². The summed E-state index contributed by atoms with van der Waals surface area (Å²) in [5.41, 5.74) is -0.297. The van der Waals surface area contributed by atoms with Gasteiger partial charge in [-0.05, 0) is 50.1 Å². The van der Waals surface area contributed by atoms with Crippen LogP contribution in [0.2, 0.25) is 0 Å². The number of amides is 1. The van der Waals surface area contributed by atoms with Gasteiger partial charge >= 0.3 is 12.5 Å². The van der Waals surface area contributed by atoms with Crippen LogP contribution in [0.3, 0.4) is 0 Å². The van der Waals surface area contributed by atoms with Crippen LogP contribution in [0.4, 0.5) is 43.4 Å². The third-order valence-corrected chi connectivity index (χ3v) is 5.33. The first-order chi connectivity index (χ1) is 16.7. The van der Waals surface area contributed by atoms with Crippen LogP contribution in [0, 0.1) is 23.0 Å². The largest absolute Gasteiger partial charge is 0.573 e. The molecule has 2 aromatic carbocycles. The zero-order valence-electron chi connectivity index (χ0n) is 19.7. The topological polar surface area (TPSA) is 84.7 Å². The zero-order chi connectivity index (χ0) is 27.3. The van der Waals surface area contributed by atoms with Crippen molar-refractivity contribution in [2.75, 3.05) is 23.3 Å². The van der Waals surface area contributed by atoms with Gasteiger partial charge < -0.3 is 15.0 Å². The molecule has 0 aliphatic carbocycles. The van der Waals surface area contributed by atoms with E-state index in [4.69, 9.17) is 0 Å². The van der Waals surface area contributed by atoms with Gasteiger partial charge in [-0.25, -0.2) is 0 Å². The number of rotatable bonds is 5. The Bertz CT molecular complexity index is 1070. The molecule has 1 saturated heterocycles. The highest BCUT2D eigenvalue weighted by Crippen LogP contribution is 2.37. The minimum absolute atomic E-state index is 0.0560. The van der Waals surface area contributed by atoms with Gasteiger partial charge in [0.2, 0.25) is 0 Å². The van der Waals surface area contributed by atoms with Gasteiger partial charge in [0.05, 0.1) is 22.1 Å². The zero-order valence-corrected chi connectivity index (χ0v) is 19.7. The number of hydrogen-bond acceptors (Lipinski definition) is 5. The molecule has 1 amide bonds. The van der Waals surface area contributed by atoms with Gasteiger partial charge in [0.1, 0.15) is 5.75 Å². The lowest BCUT2D eigenvalue weighted by Gasteiger charge is -2.36. The fraction of sp³-hybridized carbons (Fsp3) is 0.435. The Morgan fingerprint density at radius 3 is 2.25 bits per heavy atom. The van der Waals surface area contributed by atoms with E-state index in [1.807, 2.05) is 13.8 Å².